The molecule has 0 saturated heterocycles. The minimum absolute atomic E-state index is 0.202. The highest BCUT2D eigenvalue weighted by atomic mass is 79.9. The summed E-state index contributed by atoms with van der Waals surface area (Å²) >= 11 is 3.28. The van der Waals surface area contributed by atoms with Gasteiger partial charge in [0.25, 0.3) is 5.91 Å². The summed E-state index contributed by atoms with van der Waals surface area (Å²) in [7, 11) is 0. The molecule has 0 spiro atoms. The summed E-state index contributed by atoms with van der Waals surface area (Å²) in [6, 6.07) is 1.72. The summed E-state index contributed by atoms with van der Waals surface area (Å²) in [5.41, 5.74) is 2.81. The lowest BCUT2D eigenvalue weighted by Gasteiger charge is -2.05. The molecule has 5 nitrogen and oxygen atoms in total. The number of nitrogens with zero attached hydrogens (tertiary/aromatic N) is 2. The van der Waals surface area contributed by atoms with E-state index in [0.717, 1.165) is 21.5 Å². The molecule has 2 rings (SSSR count). The van der Waals surface area contributed by atoms with Crippen LogP contribution in [0.1, 0.15) is 21.7 Å². The number of carbonyl (C=O) groups is 1. The summed E-state index contributed by atoms with van der Waals surface area (Å²) < 4.78 is 0.769. The first-order valence-corrected chi connectivity index (χ1v) is 5.80. The SMILES string of the molecule is Cc1n[nH]c(C)c1NC(=O)c1cncc(Br)c1. The molecule has 2 heterocycles. The average molecular weight is 295 g/mol. The quantitative estimate of drug-likeness (QED) is 0.894. The first-order valence-electron chi connectivity index (χ1n) is 5.01. The third-order valence-corrected chi connectivity index (χ3v) is 2.77. The molecule has 6 heteroatoms. The van der Waals surface area contributed by atoms with Gasteiger partial charge in [-0.05, 0) is 35.8 Å². The van der Waals surface area contributed by atoms with Crippen molar-refractivity contribution >= 4 is 27.5 Å². The number of anilines is 1. The number of rotatable bonds is 2. The zero-order chi connectivity index (χ0) is 12.4. The molecule has 2 aromatic rings. The van der Waals surface area contributed by atoms with Crippen LogP contribution in [0.25, 0.3) is 0 Å². The van der Waals surface area contributed by atoms with Gasteiger partial charge in [-0.25, -0.2) is 0 Å². The normalized spacial score (nSPS) is 10.3. The summed E-state index contributed by atoms with van der Waals surface area (Å²) in [6.07, 6.45) is 3.15. The monoisotopic (exact) mass is 294 g/mol. The molecule has 17 heavy (non-hydrogen) atoms. The molecule has 0 aliphatic rings. The number of aromatic nitrogens is 3. The maximum atomic E-state index is 12.0. The van der Waals surface area contributed by atoms with E-state index in [-0.39, 0.29) is 5.91 Å². The predicted molar refractivity (Wildman–Crippen MR) is 68.0 cm³/mol. The van der Waals surface area contributed by atoms with Gasteiger partial charge in [-0.2, -0.15) is 5.10 Å². The molecule has 0 unspecified atom stereocenters. The lowest BCUT2D eigenvalue weighted by Crippen LogP contribution is -2.13. The van der Waals surface area contributed by atoms with E-state index in [4.69, 9.17) is 0 Å². The molecule has 0 saturated carbocycles. The van der Waals surface area contributed by atoms with Gasteiger partial charge in [0.15, 0.2) is 0 Å². The zero-order valence-corrected chi connectivity index (χ0v) is 11.0. The fourth-order valence-electron chi connectivity index (χ4n) is 1.46. The van der Waals surface area contributed by atoms with Crippen LogP contribution in [0.15, 0.2) is 22.9 Å². The van der Waals surface area contributed by atoms with Crippen LogP contribution in [-0.4, -0.2) is 21.1 Å². The van der Waals surface area contributed by atoms with Crippen LogP contribution in [0.2, 0.25) is 0 Å². The van der Waals surface area contributed by atoms with Gasteiger partial charge in [0.05, 0.1) is 22.6 Å². The van der Waals surface area contributed by atoms with E-state index in [1.807, 2.05) is 13.8 Å². The zero-order valence-electron chi connectivity index (χ0n) is 9.41. The van der Waals surface area contributed by atoms with Crippen molar-refractivity contribution < 1.29 is 4.79 Å². The van der Waals surface area contributed by atoms with E-state index in [0.29, 0.717) is 5.56 Å². The van der Waals surface area contributed by atoms with Gasteiger partial charge in [0.1, 0.15) is 0 Å². The van der Waals surface area contributed by atoms with Gasteiger partial charge >= 0.3 is 0 Å². The Hall–Kier alpha value is -1.69. The van der Waals surface area contributed by atoms with Gasteiger partial charge < -0.3 is 5.32 Å². The fourth-order valence-corrected chi connectivity index (χ4v) is 1.82. The van der Waals surface area contributed by atoms with Crippen molar-refractivity contribution in [3.05, 3.63) is 39.9 Å². The van der Waals surface area contributed by atoms with Crippen LogP contribution in [0.3, 0.4) is 0 Å². The second-order valence-corrected chi connectivity index (χ2v) is 4.57. The van der Waals surface area contributed by atoms with Gasteiger partial charge in [-0.3, -0.25) is 14.9 Å². The summed E-state index contributed by atoms with van der Waals surface area (Å²) in [5, 5.41) is 9.64. The molecular formula is C11H11BrN4O. The van der Waals surface area contributed by atoms with E-state index < -0.39 is 0 Å². The Balaban J connectivity index is 2.23. The first-order chi connectivity index (χ1) is 8.08. The molecule has 1 amide bonds. The number of aryl methyl sites for hydroxylation is 2. The second-order valence-electron chi connectivity index (χ2n) is 3.65. The Labute approximate surface area is 107 Å². The van der Waals surface area contributed by atoms with Gasteiger partial charge in [0.2, 0.25) is 0 Å². The number of pyridine rings is 1. The van der Waals surface area contributed by atoms with Gasteiger partial charge in [0, 0.05) is 16.9 Å². The third-order valence-electron chi connectivity index (χ3n) is 2.33. The number of halogens is 1. The van der Waals surface area contributed by atoms with Crippen LogP contribution < -0.4 is 5.32 Å². The molecule has 0 aromatic carbocycles. The van der Waals surface area contributed by atoms with Crippen LogP contribution in [-0.2, 0) is 0 Å². The van der Waals surface area contributed by atoms with E-state index >= 15 is 0 Å². The average Bonchev–Trinajstić information content (AvgIpc) is 2.61. The smallest absolute Gasteiger partial charge is 0.257 e. The number of nitrogens with one attached hydrogen (secondary N) is 2. The molecule has 2 aromatic heterocycles. The minimum Gasteiger partial charge on any atom is -0.319 e. The highest BCUT2D eigenvalue weighted by molar-refractivity contribution is 9.10. The number of hydrogen-bond acceptors (Lipinski definition) is 3. The summed E-state index contributed by atoms with van der Waals surface area (Å²) in [5.74, 6) is -0.202. The maximum Gasteiger partial charge on any atom is 0.257 e. The van der Waals surface area contributed by atoms with Gasteiger partial charge in [-0.15, -0.1) is 0 Å². The Kier molecular flexibility index (Phi) is 3.23. The van der Waals surface area contributed by atoms with Crippen molar-refractivity contribution in [1.29, 1.82) is 0 Å². The molecule has 88 valence electrons. The number of amides is 1. The maximum absolute atomic E-state index is 12.0. The van der Waals surface area contributed by atoms with E-state index in [1.54, 1.807) is 12.3 Å². The van der Waals surface area contributed by atoms with Crippen molar-refractivity contribution in [1.82, 2.24) is 15.2 Å². The Morgan fingerprint density at radius 3 is 2.76 bits per heavy atom. The van der Waals surface area contributed by atoms with Crippen molar-refractivity contribution in [2.45, 2.75) is 13.8 Å². The standard InChI is InChI=1S/C11H11BrN4O/c1-6-10(7(2)16-15-6)14-11(17)8-3-9(12)5-13-4-8/h3-5H,1-2H3,(H,14,17)(H,15,16). The van der Waals surface area contributed by atoms with E-state index in [9.17, 15) is 4.79 Å². The van der Waals surface area contributed by atoms with Crippen LogP contribution >= 0.6 is 15.9 Å². The third kappa shape index (κ3) is 2.52. The second kappa shape index (κ2) is 4.67. The predicted octanol–water partition coefficient (Wildman–Crippen LogP) is 2.44. The molecule has 0 atom stereocenters. The van der Waals surface area contributed by atoms with Gasteiger partial charge in [-0.1, -0.05) is 0 Å². The number of aromatic amines is 1. The topological polar surface area (TPSA) is 70.7 Å². The minimum atomic E-state index is -0.202. The number of carbonyl (C=O) groups excluding carboxylic acids is 1. The molecule has 0 fully saturated rings. The molecular weight excluding hydrogens is 284 g/mol. The lowest BCUT2D eigenvalue weighted by atomic mass is 10.2. The van der Waals surface area contributed by atoms with Crippen molar-refractivity contribution in [3.63, 3.8) is 0 Å². The van der Waals surface area contributed by atoms with Crippen LogP contribution in [0.5, 0.6) is 0 Å². The Morgan fingerprint density at radius 2 is 2.18 bits per heavy atom. The molecule has 0 aliphatic carbocycles. The lowest BCUT2D eigenvalue weighted by molar-refractivity contribution is 0.102. The Morgan fingerprint density at radius 1 is 1.41 bits per heavy atom. The highest BCUT2D eigenvalue weighted by Gasteiger charge is 2.12. The fraction of sp³-hybridized carbons (Fsp3) is 0.182. The first kappa shape index (κ1) is 11.8. The van der Waals surface area contributed by atoms with E-state index in [2.05, 4.69) is 36.4 Å². The number of H-pyrrole nitrogens is 1. The van der Waals surface area contributed by atoms with Crippen molar-refractivity contribution in [2.24, 2.45) is 0 Å². The molecule has 0 radical (unpaired) electrons. The Bertz CT molecular complexity index is 545. The van der Waals surface area contributed by atoms with Crippen LogP contribution in [0, 0.1) is 13.8 Å². The molecule has 0 bridgehead atoms. The van der Waals surface area contributed by atoms with Crippen molar-refractivity contribution in [2.75, 3.05) is 5.32 Å². The van der Waals surface area contributed by atoms with E-state index in [1.165, 1.54) is 6.20 Å². The highest BCUT2D eigenvalue weighted by Crippen LogP contribution is 2.18. The largest absolute Gasteiger partial charge is 0.319 e. The van der Waals surface area contributed by atoms with Crippen molar-refractivity contribution in [3.8, 4) is 0 Å². The van der Waals surface area contributed by atoms with Crippen LogP contribution in [0.4, 0.5) is 5.69 Å². The molecule has 2 N–H and O–H groups in total. The summed E-state index contributed by atoms with van der Waals surface area (Å²) in [6.45, 7) is 3.69. The summed E-state index contributed by atoms with van der Waals surface area (Å²) in [4.78, 5) is 15.9. The number of hydrogen-bond donors (Lipinski definition) is 2. The molecule has 0 aliphatic heterocycles.